The highest BCUT2D eigenvalue weighted by Crippen LogP contribution is 2.24. The van der Waals surface area contributed by atoms with Gasteiger partial charge in [-0.25, -0.2) is 0 Å². The fourth-order valence-electron chi connectivity index (χ4n) is 1.56. The van der Waals surface area contributed by atoms with E-state index >= 15 is 0 Å². The lowest BCUT2D eigenvalue weighted by Gasteiger charge is -2.34. The molecule has 1 rings (SSSR count). The zero-order valence-electron chi connectivity index (χ0n) is 8.89. The van der Waals surface area contributed by atoms with Gasteiger partial charge in [0.05, 0.1) is 0 Å². The van der Waals surface area contributed by atoms with Gasteiger partial charge in [-0.3, -0.25) is 0 Å². The molecule has 1 unspecified atom stereocenters. The first kappa shape index (κ1) is 13.0. The fraction of sp³-hybridized carbons (Fsp3) is 0.778. The zero-order valence-corrected chi connectivity index (χ0v) is 9.70. The van der Waals surface area contributed by atoms with Crippen LogP contribution in [-0.4, -0.2) is 42.5 Å². The predicted molar refractivity (Wildman–Crippen MR) is 61.2 cm³/mol. The quantitative estimate of drug-likeness (QED) is 0.693. The van der Waals surface area contributed by atoms with Gasteiger partial charge in [0.1, 0.15) is 0 Å². The maximum atomic E-state index is 12.3. The van der Waals surface area contributed by atoms with Gasteiger partial charge in [0.15, 0.2) is 0 Å². The van der Waals surface area contributed by atoms with E-state index in [1.54, 1.807) is 0 Å². The van der Waals surface area contributed by atoms with Gasteiger partial charge >= 0.3 is 6.98 Å². The van der Waals surface area contributed by atoms with Crippen LogP contribution in [0, 0.1) is 0 Å². The molecule has 0 bridgehead atoms. The van der Waals surface area contributed by atoms with Crippen molar-refractivity contribution in [2.45, 2.75) is 18.6 Å². The minimum atomic E-state index is -4.86. The smallest absolute Gasteiger partial charge is 0.445 e. The monoisotopic (exact) mass is 238 g/mol. The summed E-state index contributed by atoms with van der Waals surface area (Å²) in [5.74, 6) is 0.927. The van der Waals surface area contributed by atoms with Gasteiger partial charge in [-0.2, -0.15) is 11.8 Å². The molecule has 1 aliphatic rings. The van der Waals surface area contributed by atoms with Crippen LogP contribution in [0.2, 0.25) is 0 Å². The Morgan fingerprint density at radius 1 is 1.53 bits per heavy atom. The summed E-state index contributed by atoms with van der Waals surface area (Å²) >= 11 is 1.85. The van der Waals surface area contributed by atoms with E-state index < -0.39 is 12.4 Å². The molecule has 0 radical (unpaired) electrons. The van der Waals surface area contributed by atoms with Gasteiger partial charge in [0, 0.05) is 24.1 Å². The molecule has 0 N–H and O–H groups in total. The van der Waals surface area contributed by atoms with E-state index in [9.17, 15) is 12.9 Å². The number of rotatable bonds is 4. The Hall–Kier alpha value is -0.0951. The summed E-state index contributed by atoms with van der Waals surface area (Å²) in [6.07, 6.45) is 1.02. The molecule has 0 aromatic rings. The molecule has 1 nitrogen and oxygen atoms in total. The molecule has 1 fully saturated rings. The van der Waals surface area contributed by atoms with Crippen molar-refractivity contribution in [3.05, 3.63) is 12.1 Å². The van der Waals surface area contributed by atoms with Crippen LogP contribution in [0.1, 0.15) is 13.3 Å². The van der Waals surface area contributed by atoms with E-state index in [4.69, 9.17) is 0 Å². The van der Waals surface area contributed by atoms with Crippen LogP contribution in [0.15, 0.2) is 12.1 Å². The summed E-state index contributed by atoms with van der Waals surface area (Å²) in [6.45, 7) is 1.82. The van der Waals surface area contributed by atoms with Gasteiger partial charge < -0.3 is 17.8 Å². The molecular weight excluding hydrogens is 222 g/mol. The molecule has 0 saturated carbocycles. The van der Waals surface area contributed by atoms with Crippen molar-refractivity contribution in [1.82, 2.24) is 4.90 Å². The summed E-state index contributed by atoms with van der Waals surface area (Å²) in [5, 5.41) is 0.479. The minimum absolute atomic E-state index is 0.0133. The maximum Gasteiger partial charge on any atom is 0.506 e. The van der Waals surface area contributed by atoms with Crippen molar-refractivity contribution in [3.63, 3.8) is 0 Å². The summed E-state index contributed by atoms with van der Waals surface area (Å²) in [7, 11) is 0. The van der Waals surface area contributed by atoms with Crippen molar-refractivity contribution in [2.24, 2.45) is 0 Å². The molecule has 6 heteroatoms. The Kier molecular flexibility index (Phi) is 4.58. The lowest BCUT2D eigenvalue weighted by Crippen LogP contribution is -2.41. The second kappa shape index (κ2) is 5.30. The van der Waals surface area contributed by atoms with Crippen molar-refractivity contribution >= 4 is 18.7 Å². The molecule has 0 aliphatic carbocycles. The molecule has 1 saturated heterocycles. The summed E-state index contributed by atoms with van der Waals surface area (Å²) in [6, 6.07) is 0. The Morgan fingerprint density at radius 3 is 2.73 bits per heavy atom. The van der Waals surface area contributed by atoms with Gasteiger partial charge in [-0.05, 0) is 13.0 Å². The zero-order chi connectivity index (χ0) is 11.5. The van der Waals surface area contributed by atoms with Crippen LogP contribution in [-0.2, 0) is 0 Å². The van der Waals surface area contributed by atoms with E-state index in [0.29, 0.717) is 5.25 Å². The molecule has 0 aromatic carbocycles. The first-order chi connectivity index (χ1) is 6.93. The number of hydrogen-bond acceptors (Lipinski definition) is 2. The molecule has 1 aliphatic heterocycles. The van der Waals surface area contributed by atoms with E-state index in [1.165, 1.54) is 0 Å². The molecule has 15 heavy (non-hydrogen) atoms. The molecular formula is C9H16BF3NS-. The highest BCUT2D eigenvalue weighted by Gasteiger charge is 2.29. The van der Waals surface area contributed by atoms with Crippen molar-refractivity contribution in [3.8, 4) is 0 Å². The van der Waals surface area contributed by atoms with Crippen LogP contribution in [0.25, 0.3) is 0 Å². The standard InChI is InChI=1S/C9H16BF3NS/c1-3-9-7-14(4-5-15-9)6-8(2)10(11,12)13/h9H,2-7H2,1H3/q-1. The number of hydrogen-bond donors (Lipinski definition) is 0. The average molecular weight is 238 g/mol. The SMILES string of the molecule is C=C(CN1CCSC(CC)C1)[B-](F)(F)F. The van der Waals surface area contributed by atoms with Crippen LogP contribution >= 0.6 is 11.8 Å². The topological polar surface area (TPSA) is 3.24 Å². The normalized spacial score (nSPS) is 24.1. The Morgan fingerprint density at radius 2 is 2.20 bits per heavy atom. The lowest BCUT2D eigenvalue weighted by atomic mass is 9.80. The average Bonchev–Trinajstić information content (AvgIpc) is 2.16. The number of thioether (sulfide) groups is 1. The Balaban J connectivity index is 2.41. The molecule has 1 atom stereocenters. The Bertz CT molecular complexity index is 232. The lowest BCUT2D eigenvalue weighted by molar-refractivity contribution is 0.302. The van der Waals surface area contributed by atoms with E-state index in [2.05, 4.69) is 13.5 Å². The predicted octanol–water partition coefficient (Wildman–Crippen LogP) is 2.76. The van der Waals surface area contributed by atoms with Crippen molar-refractivity contribution < 1.29 is 12.9 Å². The molecule has 0 amide bonds. The molecule has 0 aromatic heterocycles. The highest BCUT2D eigenvalue weighted by molar-refractivity contribution is 8.00. The fourth-order valence-corrected chi connectivity index (χ4v) is 2.81. The van der Waals surface area contributed by atoms with E-state index in [1.807, 2.05) is 16.7 Å². The number of halogens is 3. The molecule has 88 valence electrons. The largest absolute Gasteiger partial charge is 0.506 e. The van der Waals surface area contributed by atoms with Crippen LogP contribution in [0.4, 0.5) is 12.9 Å². The van der Waals surface area contributed by atoms with Gasteiger partial charge in [-0.15, -0.1) is 12.1 Å². The number of nitrogens with zero attached hydrogens (tertiary/aromatic N) is 1. The second-order valence-electron chi connectivity index (χ2n) is 3.87. The van der Waals surface area contributed by atoms with Crippen LogP contribution in [0.5, 0.6) is 0 Å². The van der Waals surface area contributed by atoms with Crippen LogP contribution in [0.3, 0.4) is 0 Å². The first-order valence-corrected chi connectivity index (χ1v) is 6.20. The Labute approximate surface area is 93.1 Å². The van der Waals surface area contributed by atoms with Crippen molar-refractivity contribution in [2.75, 3.05) is 25.4 Å². The van der Waals surface area contributed by atoms with E-state index in [0.717, 1.165) is 25.3 Å². The summed E-state index contributed by atoms with van der Waals surface area (Å²) < 4.78 is 36.9. The maximum absolute atomic E-state index is 12.3. The highest BCUT2D eigenvalue weighted by atomic mass is 32.2. The summed E-state index contributed by atoms with van der Waals surface area (Å²) in [4.78, 5) is 1.86. The first-order valence-electron chi connectivity index (χ1n) is 5.15. The molecule has 1 heterocycles. The summed E-state index contributed by atoms with van der Waals surface area (Å²) in [5.41, 5.74) is -0.572. The third kappa shape index (κ3) is 4.11. The molecule has 0 spiro atoms. The third-order valence-corrected chi connectivity index (χ3v) is 3.94. The van der Waals surface area contributed by atoms with Gasteiger partial charge in [-0.1, -0.05) is 6.92 Å². The van der Waals surface area contributed by atoms with Gasteiger partial charge in [0.25, 0.3) is 0 Å². The second-order valence-corrected chi connectivity index (χ2v) is 5.28. The van der Waals surface area contributed by atoms with Crippen molar-refractivity contribution in [1.29, 1.82) is 0 Å². The van der Waals surface area contributed by atoms with Crippen LogP contribution < -0.4 is 0 Å². The third-order valence-electron chi connectivity index (χ3n) is 2.57. The van der Waals surface area contributed by atoms with Gasteiger partial charge in [0.2, 0.25) is 0 Å². The van der Waals surface area contributed by atoms with E-state index in [-0.39, 0.29) is 6.54 Å². The minimum Gasteiger partial charge on any atom is -0.445 e.